The molecule has 1 rings (SSSR count). The number of hydrogen-bond donors (Lipinski definition) is 1. The monoisotopic (exact) mass is 346 g/mol. The number of carbonyl (C=O) groups excluding carboxylic acids is 1. The van der Waals surface area contributed by atoms with Gasteiger partial charge in [-0.25, -0.2) is 0 Å². The number of anilines is 1. The van der Waals surface area contributed by atoms with E-state index in [9.17, 15) is 10.1 Å². The number of rotatable bonds is 10. The molecule has 0 radical (unpaired) electrons. The lowest BCUT2D eigenvalue weighted by atomic mass is 9.93. The fourth-order valence-electron chi connectivity index (χ4n) is 2.73. The summed E-state index contributed by atoms with van der Waals surface area (Å²) in [6.07, 6.45) is 2.59. The van der Waals surface area contributed by atoms with Crippen molar-refractivity contribution in [3.8, 4) is 11.8 Å². The molecule has 1 amide bonds. The first-order valence-corrected chi connectivity index (χ1v) is 8.98. The zero-order chi connectivity index (χ0) is 18.9. The fourth-order valence-corrected chi connectivity index (χ4v) is 2.73. The maximum atomic E-state index is 12.7. The standard InChI is InChI=1S/C20H30N2O3/c1-6-8-11-24-18-10-9-17(12-16(18)14-21)22-19(23)20(5,25-7-2)13-15(3)4/h9-10,12,15H,6-8,11,13H2,1-5H3,(H,22,23)/t20-/m1/s1. The third-order valence-electron chi connectivity index (χ3n) is 3.85. The lowest BCUT2D eigenvalue weighted by Crippen LogP contribution is -2.44. The molecule has 0 heterocycles. The van der Waals surface area contributed by atoms with Gasteiger partial charge in [0.05, 0.1) is 12.2 Å². The van der Waals surface area contributed by atoms with Crippen molar-refractivity contribution in [2.24, 2.45) is 5.92 Å². The quantitative estimate of drug-likeness (QED) is 0.632. The highest BCUT2D eigenvalue weighted by atomic mass is 16.5. The Balaban J connectivity index is 2.90. The number of amides is 1. The van der Waals surface area contributed by atoms with Gasteiger partial charge >= 0.3 is 0 Å². The Morgan fingerprint density at radius 3 is 2.64 bits per heavy atom. The summed E-state index contributed by atoms with van der Waals surface area (Å²) in [5.74, 6) is 0.668. The molecule has 0 aliphatic heterocycles. The molecule has 0 saturated carbocycles. The molecule has 5 nitrogen and oxygen atoms in total. The number of nitrogens with one attached hydrogen (secondary N) is 1. The molecule has 5 heteroatoms. The zero-order valence-electron chi connectivity index (χ0n) is 16.0. The van der Waals surface area contributed by atoms with Gasteiger partial charge in [0.2, 0.25) is 0 Å². The Morgan fingerprint density at radius 2 is 2.08 bits per heavy atom. The number of hydrogen-bond acceptors (Lipinski definition) is 4. The number of carbonyl (C=O) groups is 1. The van der Waals surface area contributed by atoms with E-state index in [0.29, 0.717) is 42.6 Å². The zero-order valence-corrected chi connectivity index (χ0v) is 16.0. The van der Waals surface area contributed by atoms with Gasteiger partial charge in [0.25, 0.3) is 5.91 Å². The number of nitriles is 1. The van der Waals surface area contributed by atoms with Gasteiger partial charge in [-0.15, -0.1) is 0 Å². The fraction of sp³-hybridized carbons (Fsp3) is 0.600. The summed E-state index contributed by atoms with van der Waals surface area (Å²) >= 11 is 0. The van der Waals surface area contributed by atoms with E-state index in [1.54, 1.807) is 25.1 Å². The normalized spacial score (nSPS) is 13.2. The summed E-state index contributed by atoms with van der Waals surface area (Å²) in [7, 11) is 0. The van der Waals surface area contributed by atoms with Crippen molar-refractivity contribution in [1.82, 2.24) is 0 Å². The van der Waals surface area contributed by atoms with E-state index in [1.807, 2.05) is 6.92 Å². The Morgan fingerprint density at radius 1 is 1.36 bits per heavy atom. The van der Waals surface area contributed by atoms with Crippen LogP contribution in [-0.2, 0) is 9.53 Å². The third-order valence-corrected chi connectivity index (χ3v) is 3.85. The second-order valence-corrected chi connectivity index (χ2v) is 6.74. The first kappa shape index (κ1) is 21.0. The Bertz CT molecular complexity index is 607. The summed E-state index contributed by atoms with van der Waals surface area (Å²) in [5.41, 5.74) is 0.0846. The van der Waals surface area contributed by atoms with Gasteiger partial charge in [-0.3, -0.25) is 4.79 Å². The summed E-state index contributed by atoms with van der Waals surface area (Å²) in [4.78, 5) is 12.7. The Kier molecular flexibility index (Phi) is 8.44. The lowest BCUT2D eigenvalue weighted by Gasteiger charge is -2.30. The molecule has 0 saturated heterocycles. The smallest absolute Gasteiger partial charge is 0.256 e. The predicted molar refractivity (Wildman–Crippen MR) is 99.7 cm³/mol. The maximum absolute atomic E-state index is 12.7. The predicted octanol–water partition coefficient (Wildman–Crippen LogP) is 4.52. The highest BCUT2D eigenvalue weighted by Gasteiger charge is 2.34. The number of unbranched alkanes of at least 4 members (excludes halogenated alkanes) is 1. The first-order chi connectivity index (χ1) is 11.9. The van der Waals surface area contributed by atoms with Gasteiger partial charge in [0.15, 0.2) is 0 Å². The van der Waals surface area contributed by atoms with Gasteiger partial charge in [-0.1, -0.05) is 27.2 Å². The maximum Gasteiger partial charge on any atom is 0.256 e. The van der Waals surface area contributed by atoms with Crippen LogP contribution in [0, 0.1) is 17.2 Å². The van der Waals surface area contributed by atoms with Crippen LogP contribution in [0.3, 0.4) is 0 Å². The van der Waals surface area contributed by atoms with Crippen LogP contribution in [0.1, 0.15) is 59.4 Å². The largest absolute Gasteiger partial charge is 0.492 e. The van der Waals surface area contributed by atoms with Crippen LogP contribution < -0.4 is 10.1 Å². The van der Waals surface area contributed by atoms with E-state index in [4.69, 9.17) is 9.47 Å². The average molecular weight is 346 g/mol. The molecule has 1 aromatic rings. The van der Waals surface area contributed by atoms with E-state index in [1.165, 1.54) is 0 Å². The summed E-state index contributed by atoms with van der Waals surface area (Å²) in [6.45, 7) is 10.9. The van der Waals surface area contributed by atoms with Crippen LogP contribution in [0.15, 0.2) is 18.2 Å². The first-order valence-electron chi connectivity index (χ1n) is 8.98. The molecule has 1 aromatic carbocycles. The van der Waals surface area contributed by atoms with E-state index in [-0.39, 0.29) is 5.91 Å². The van der Waals surface area contributed by atoms with Gasteiger partial charge in [-0.2, -0.15) is 5.26 Å². The highest BCUT2D eigenvalue weighted by Crippen LogP contribution is 2.26. The Hall–Kier alpha value is -2.06. The van der Waals surface area contributed by atoms with Crippen LogP contribution >= 0.6 is 0 Å². The molecule has 25 heavy (non-hydrogen) atoms. The van der Waals surface area contributed by atoms with Crippen LogP contribution in [0.5, 0.6) is 5.75 Å². The number of ether oxygens (including phenoxy) is 2. The van der Waals surface area contributed by atoms with E-state index in [2.05, 4.69) is 32.2 Å². The van der Waals surface area contributed by atoms with Crippen molar-refractivity contribution in [3.05, 3.63) is 23.8 Å². The minimum atomic E-state index is -0.897. The molecule has 0 bridgehead atoms. The van der Waals surface area contributed by atoms with Crippen LogP contribution in [0.25, 0.3) is 0 Å². The average Bonchev–Trinajstić information content (AvgIpc) is 2.55. The molecular formula is C20H30N2O3. The molecule has 1 N–H and O–H groups in total. The van der Waals surface area contributed by atoms with Crippen molar-refractivity contribution in [1.29, 1.82) is 5.26 Å². The summed E-state index contributed by atoms with van der Waals surface area (Å²) in [5, 5.41) is 12.2. The van der Waals surface area contributed by atoms with Gasteiger partial charge < -0.3 is 14.8 Å². The van der Waals surface area contributed by atoms with E-state index in [0.717, 1.165) is 12.8 Å². The number of nitrogens with zero attached hydrogens (tertiary/aromatic N) is 1. The van der Waals surface area contributed by atoms with Gasteiger partial charge in [0.1, 0.15) is 17.4 Å². The minimum Gasteiger partial charge on any atom is -0.492 e. The van der Waals surface area contributed by atoms with Crippen molar-refractivity contribution >= 4 is 11.6 Å². The van der Waals surface area contributed by atoms with Crippen LogP contribution in [-0.4, -0.2) is 24.7 Å². The lowest BCUT2D eigenvalue weighted by molar-refractivity contribution is -0.140. The van der Waals surface area contributed by atoms with E-state index >= 15 is 0 Å². The third kappa shape index (κ3) is 6.39. The molecule has 1 atom stereocenters. The summed E-state index contributed by atoms with van der Waals surface area (Å²) < 4.78 is 11.3. The topological polar surface area (TPSA) is 71.3 Å². The molecule has 0 aliphatic rings. The highest BCUT2D eigenvalue weighted by molar-refractivity contribution is 5.97. The molecule has 0 aliphatic carbocycles. The molecule has 138 valence electrons. The molecule has 0 aromatic heterocycles. The van der Waals surface area contributed by atoms with Gasteiger partial charge in [0, 0.05) is 12.3 Å². The molecule has 0 spiro atoms. The number of benzene rings is 1. The van der Waals surface area contributed by atoms with Crippen LogP contribution in [0.2, 0.25) is 0 Å². The molecule has 0 unspecified atom stereocenters. The second kappa shape index (κ2) is 10.0. The van der Waals surface area contributed by atoms with Gasteiger partial charge in [-0.05, 0) is 50.8 Å². The molecule has 0 fully saturated rings. The minimum absolute atomic E-state index is 0.202. The SMILES string of the molecule is CCCCOc1ccc(NC(=O)[C@@](C)(CC(C)C)OCC)cc1C#N. The molecular weight excluding hydrogens is 316 g/mol. The van der Waals surface area contributed by atoms with Crippen molar-refractivity contribution in [2.45, 2.75) is 59.5 Å². The van der Waals surface area contributed by atoms with Crippen LogP contribution in [0.4, 0.5) is 5.69 Å². The Labute approximate surface area is 151 Å². The van der Waals surface area contributed by atoms with Crippen molar-refractivity contribution in [3.63, 3.8) is 0 Å². The second-order valence-electron chi connectivity index (χ2n) is 6.74. The van der Waals surface area contributed by atoms with Crippen molar-refractivity contribution in [2.75, 3.05) is 18.5 Å². The van der Waals surface area contributed by atoms with Crippen molar-refractivity contribution < 1.29 is 14.3 Å². The summed E-state index contributed by atoms with van der Waals surface area (Å²) in [6, 6.07) is 7.24. The van der Waals surface area contributed by atoms with E-state index < -0.39 is 5.60 Å².